The summed E-state index contributed by atoms with van der Waals surface area (Å²) in [5, 5.41) is 2.96. The van der Waals surface area contributed by atoms with E-state index in [-0.39, 0.29) is 18.4 Å². The van der Waals surface area contributed by atoms with Crippen molar-refractivity contribution >= 4 is 5.91 Å². The Kier molecular flexibility index (Phi) is 5.79. The fraction of sp³-hybridized carbons (Fsp3) is 0.261. The first-order valence-corrected chi connectivity index (χ1v) is 9.70. The van der Waals surface area contributed by atoms with Crippen LogP contribution in [0.5, 0.6) is 17.2 Å². The molecule has 1 unspecified atom stereocenters. The zero-order valence-corrected chi connectivity index (χ0v) is 16.9. The SMILES string of the molecule is COc1ccc(OC)c(CC(=O)NCC2Cc3cc(-c4cnccn4)ccc3O2)c1. The predicted octanol–water partition coefficient (Wildman–Crippen LogP) is 2.82. The zero-order valence-electron chi connectivity index (χ0n) is 16.9. The summed E-state index contributed by atoms with van der Waals surface area (Å²) in [5.74, 6) is 2.09. The van der Waals surface area contributed by atoms with Crippen LogP contribution in [-0.4, -0.2) is 42.7 Å². The van der Waals surface area contributed by atoms with Crippen LogP contribution in [0.3, 0.4) is 0 Å². The third-order valence-electron chi connectivity index (χ3n) is 5.03. The molecule has 0 spiro atoms. The van der Waals surface area contributed by atoms with Crippen molar-refractivity contribution in [3.8, 4) is 28.5 Å². The van der Waals surface area contributed by atoms with Crippen molar-refractivity contribution in [2.24, 2.45) is 0 Å². The molecule has 1 atom stereocenters. The number of fused-ring (bicyclic) bond motifs is 1. The van der Waals surface area contributed by atoms with Gasteiger partial charge in [0.05, 0.1) is 39.1 Å². The van der Waals surface area contributed by atoms with Crippen LogP contribution >= 0.6 is 0 Å². The van der Waals surface area contributed by atoms with Crippen LogP contribution < -0.4 is 19.5 Å². The smallest absolute Gasteiger partial charge is 0.224 e. The van der Waals surface area contributed by atoms with Gasteiger partial charge in [-0.2, -0.15) is 0 Å². The highest BCUT2D eigenvalue weighted by Crippen LogP contribution is 2.32. The van der Waals surface area contributed by atoms with Crippen molar-refractivity contribution in [1.82, 2.24) is 15.3 Å². The number of ether oxygens (including phenoxy) is 3. The van der Waals surface area contributed by atoms with Crippen LogP contribution in [0.1, 0.15) is 11.1 Å². The number of nitrogens with one attached hydrogen (secondary N) is 1. The Morgan fingerprint density at radius 3 is 2.83 bits per heavy atom. The van der Waals surface area contributed by atoms with Crippen molar-refractivity contribution < 1.29 is 19.0 Å². The van der Waals surface area contributed by atoms with E-state index in [9.17, 15) is 4.79 Å². The maximum absolute atomic E-state index is 12.5. The summed E-state index contributed by atoms with van der Waals surface area (Å²) < 4.78 is 16.6. The quantitative estimate of drug-likeness (QED) is 0.651. The molecule has 2 aromatic carbocycles. The average Bonchev–Trinajstić information content (AvgIpc) is 3.20. The number of carbonyl (C=O) groups is 1. The Morgan fingerprint density at radius 2 is 2.07 bits per heavy atom. The second kappa shape index (κ2) is 8.82. The summed E-state index contributed by atoms with van der Waals surface area (Å²) in [5.41, 5.74) is 3.70. The second-order valence-corrected chi connectivity index (χ2v) is 7.02. The minimum Gasteiger partial charge on any atom is -0.497 e. The lowest BCUT2D eigenvalue weighted by molar-refractivity contribution is -0.120. The van der Waals surface area contributed by atoms with Crippen molar-refractivity contribution in [3.63, 3.8) is 0 Å². The third kappa shape index (κ3) is 4.35. The van der Waals surface area contributed by atoms with Crippen LogP contribution in [0.2, 0.25) is 0 Å². The van der Waals surface area contributed by atoms with E-state index in [2.05, 4.69) is 21.4 Å². The van der Waals surface area contributed by atoms with Gasteiger partial charge >= 0.3 is 0 Å². The molecule has 0 bridgehead atoms. The first kappa shape index (κ1) is 19.7. The maximum Gasteiger partial charge on any atom is 0.224 e. The lowest BCUT2D eigenvalue weighted by Gasteiger charge is -2.13. The lowest BCUT2D eigenvalue weighted by Crippen LogP contribution is -2.35. The Hall–Kier alpha value is -3.61. The second-order valence-electron chi connectivity index (χ2n) is 7.02. The fourth-order valence-corrected chi connectivity index (χ4v) is 3.52. The molecule has 4 rings (SSSR count). The molecular weight excluding hydrogens is 382 g/mol. The predicted molar refractivity (Wildman–Crippen MR) is 112 cm³/mol. The highest BCUT2D eigenvalue weighted by atomic mass is 16.5. The minimum absolute atomic E-state index is 0.0960. The molecule has 0 radical (unpaired) electrons. The summed E-state index contributed by atoms with van der Waals surface area (Å²) in [7, 11) is 3.18. The number of hydrogen-bond donors (Lipinski definition) is 1. The van der Waals surface area contributed by atoms with Gasteiger partial charge in [0, 0.05) is 29.9 Å². The van der Waals surface area contributed by atoms with E-state index in [0.717, 1.165) is 34.6 Å². The molecule has 2 heterocycles. The van der Waals surface area contributed by atoms with Crippen LogP contribution in [0, 0.1) is 0 Å². The number of hydrogen-bond acceptors (Lipinski definition) is 6. The number of methoxy groups -OCH3 is 2. The van der Waals surface area contributed by atoms with Gasteiger partial charge in [-0.05, 0) is 42.0 Å². The molecule has 7 nitrogen and oxygen atoms in total. The molecule has 30 heavy (non-hydrogen) atoms. The summed E-state index contributed by atoms with van der Waals surface area (Å²) in [6.07, 6.45) is 5.90. The van der Waals surface area contributed by atoms with Gasteiger partial charge in [0.1, 0.15) is 23.4 Å². The van der Waals surface area contributed by atoms with Crippen molar-refractivity contribution in [2.45, 2.75) is 18.9 Å². The molecule has 1 aliphatic rings. The third-order valence-corrected chi connectivity index (χ3v) is 5.03. The number of amides is 1. The molecule has 1 aliphatic heterocycles. The van der Waals surface area contributed by atoms with Crippen LogP contribution in [-0.2, 0) is 17.6 Å². The highest BCUT2D eigenvalue weighted by molar-refractivity contribution is 5.79. The van der Waals surface area contributed by atoms with Crippen LogP contribution in [0.4, 0.5) is 0 Å². The molecule has 1 amide bonds. The fourth-order valence-electron chi connectivity index (χ4n) is 3.52. The molecule has 0 fully saturated rings. The molecule has 0 aliphatic carbocycles. The molecule has 1 aromatic heterocycles. The molecule has 7 heteroatoms. The first-order valence-electron chi connectivity index (χ1n) is 9.70. The summed E-state index contributed by atoms with van der Waals surface area (Å²) in [6, 6.07) is 11.4. The molecule has 154 valence electrons. The van der Waals surface area contributed by atoms with Gasteiger partial charge in [0.2, 0.25) is 5.91 Å². The molecule has 0 saturated carbocycles. The lowest BCUT2D eigenvalue weighted by atomic mass is 10.0. The topological polar surface area (TPSA) is 82.6 Å². The van der Waals surface area contributed by atoms with Crippen molar-refractivity contribution in [1.29, 1.82) is 0 Å². The van der Waals surface area contributed by atoms with E-state index in [1.807, 2.05) is 18.2 Å². The summed E-state index contributed by atoms with van der Waals surface area (Å²) in [4.78, 5) is 20.9. The zero-order chi connectivity index (χ0) is 20.9. The number of aromatic nitrogens is 2. The van der Waals surface area contributed by atoms with Gasteiger partial charge in [-0.1, -0.05) is 0 Å². The van der Waals surface area contributed by atoms with E-state index < -0.39 is 0 Å². The Labute approximate surface area is 175 Å². The molecule has 0 saturated heterocycles. The first-order chi connectivity index (χ1) is 14.7. The maximum atomic E-state index is 12.5. The van der Waals surface area contributed by atoms with Crippen molar-refractivity contribution in [3.05, 3.63) is 66.1 Å². The van der Waals surface area contributed by atoms with Gasteiger partial charge in [-0.25, -0.2) is 0 Å². The van der Waals surface area contributed by atoms with E-state index in [1.54, 1.807) is 44.9 Å². The Morgan fingerprint density at radius 1 is 1.17 bits per heavy atom. The molecule has 3 aromatic rings. The number of benzene rings is 2. The van der Waals surface area contributed by atoms with Gasteiger partial charge in [-0.3, -0.25) is 14.8 Å². The number of rotatable bonds is 7. The summed E-state index contributed by atoms with van der Waals surface area (Å²) in [6.45, 7) is 0.431. The Bertz CT molecular complexity index is 1040. The average molecular weight is 405 g/mol. The minimum atomic E-state index is -0.103. The standard InChI is InChI=1S/C23H23N3O4/c1-28-18-4-6-21(29-2)17(10-18)12-23(27)26-13-19-11-16-9-15(3-5-22(16)30-19)20-14-24-7-8-25-20/h3-10,14,19H,11-13H2,1-2H3,(H,26,27). The van der Waals surface area contributed by atoms with Gasteiger partial charge in [0.15, 0.2) is 0 Å². The van der Waals surface area contributed by atoms with E-state index in [4.69, 9.17) is 14.2 Å². The van der Waals surface area contributed by atoms with Gasteiger partial charge in [-0.15, -0.1) is 0 Å². The van der Waals surface area contributed by atoms with Crippen molar-refractivity contribution in [2.75, 3.05) is 20.8 Å². The highest BCUT2D eigenvalue weighted by Gasteiger charge is 2.24. The van der Waals surface area contributed by atoms with E-state index in [1.165, 1.54) is 0 Å². The van der Waals surface area contributed by atoms with Crippen LogP contribution in [0.15, 0.2) is 55.0 Å². The van der Waals surface area contributed by atoms with Gasteiger partial charge < -0.3 is 19.5 Å². The number of nitrogens with zero attached hydrogens (tertiary/aromatic N) is 2. The van der Waals surface area contributed by atoms with Gasteiger partial charge in [0.25, 0.3) is 0 Å². The van der Waals surface area contributed by atoms with E-state index >= 15 is 0 Å². The normalized spacial score (nSPS) is 14.5. The molecule has 1 N–H and O–H groups in total. The monoisotopic (exact) mass is 405 g/mol. The van der Waals surface area contributed by atoms with Crippen LogP contribution in [0.25, 0.3) is 11.3 Å². The summed E-state index contributed by atoms with van der Waals surface area (Å²) >= 11 is 0. The largest absolute Gasteiger partial charge is 0.497 e. The molecular formula is C23H23N3O4. The Balaban J connectivity index is 1.35. The number of carbonyl (C=O) groups excluding carboxylic acids is 1. The van der Waals surface area contributed by atoms with E-state index in [0.29, 0.717) is 18.0 Å².